The Morgan fingerprint density at radius 3 is 2.32 bits per heavy atom. The molecule has 2 aromatic carbocycles. The average Bonchev–Trinajstić information content (AvgIpc) is 3.04. The second kappa shape index (κ2) is 6.94. The average molecular weight is 473 g/mol. The van der Waals surface area contributed by atoms with Gasteiger partial charge in [0.05, 0.1) is 11.5 Å². The van der Waals surface area contributed by atoms with E-state index in [1.54, 1.807) is 19.1 Å². The first kappa shape index (κ1) is 21.8. The number of fused-ring (bicyclic) bond motifs is 3. The number of alkyl halides is 3. The summed E-state index contributed by atoms with van der Waals surface area (Å²) in [4.78, 5) is 5.36. The van der Waals surface area contributed by atoms with E-state index >= 15 is 8.78 Å². The molecule has 1 N–H and O–H groups in total. The molecule has 34 heavy (non-hydrogen) atoms. The molecule has 3 aromatic rings. The van der Waals surface area contributed by atoms with Crippen LogP contribution in [0.5, 0.6) is 0 Å². The Hall–Kier alpha value is -2.67. The van der Waals surface area contributed by atoms with E-state index in [9.17, 15) is 13.2 Å². The van der Waals surface area contributed by atoms with E-state index in [4.69, 9.17) is 0 Å². The summed E-state index contributed by atoms with van der Waals surface area (Å²) in [5.41, 5.74) is 0.496. The molecule has 0 saturated heterocycles. The molecular weight excluding hydrogens is 447 g/mol. The van der Waals surface area contributed by atoms with Gasteiger partial charge in [0.15, 0.2) is 0 Å². The molecule has 2 heterocycles. The summed E-state index contributed by atoms with van der Waals surface area (Å²) < 4.78 is 72.1. The zero-order chi connectivity index (χ0) is 24.0. The van der Waals surface area contributed by atoms with E-state index in [2.05, 4.69) is 4.98 Å². The lowest BCUT2D eigenvalue weighted by Crippen LogP contribution is -2.80. The number of allylic oxidation sites excluding steroid dienone is 1. The largest absolute Gasteiger partial charge is 0.394 e. The number of aromatic nitrogens is 1. The van der Waals surface area contributed by atoms with Crippen LogP contribution >= 0.6 is 0 Å². The lowest BCUT2D eigenvalue weighted by Gasteiger charge is -2.75. The second-order valence-electron chi connectivity index (χ2n) is 10.4. The summed E-state index contributed by atoms with van der Waals surface area (Å²) in [6.45, 7) is 3.73. The van der Waals surface area contributed by atoms with Crippen molar-refractivity contribution in [3.63, 3.8) is 0 Å². The van der Waals surface area contributed by atoms with Crippen LogP contribution in [0.15, 0.2) is 42.5 Å². The third kappa shape index (κ3) is 2.76. The first-order chi connectivity index (χ1) is 16.1. The molecule has 0 amide bonds. The van der Waals surface area contributed by atoms with Crippen LogP contribution in [0.25, 0.3) is 17.0 Å². The van der Waals surface area contributed by atoms with Crippen molar-refractivity contribution in [3.8, 4) is 0 Å². The van der Waals surface area contributed by atoms with E-state index in [0.29, 0.717) is 17.7 Å². The topological polar surface area (TPSA) is 19.0 Å². The maximum atomic E-state index is 15.6. The highest BCUT2D eigenvalue weighted by Gasteiger charge is 2.81. The highest BCUT2D eigenvalue weighted by Crippen LogP contribution is 2.77. The van der Waals surface area contributed by atoms with Crippen LogP contribution in [0.1, 0.15) is 61.5 Å². The first-order valence-corrected chi connectivity index (χ1v) is 11.7. The van der Waals surface area contributed by atoms with Crippen LogP contribution in [-0.4, -0.2) is 27.6 Å². The Bertz CT molecular complexity index is 1290. The standard InChI is InChI=1S/C27H25F5N2/c1-3-6-16-10-19(28)22(20(29)11-16)24-23-18(17-7-4-5-8-21(17)33-23)9-15(2)34(24)26-12-25(13-26,14-26)27(30,31)32/h3-8,10-11,15,24,33H,9,12-14H2,1-2H3/b6-3+/t15-,24-,25?,26?/m1/s1. The zero-order valence-corrected chi connectivity index (χ0v) is 18.9. The van der Waals surface area contributed by atoms with Crippen molar-refractivity contribution in [2.75, 3.05) is 0 Å². The van der Waals surface area contributed by atoms with Crippen LogP contribution in [0.3, 0.4) is 0 Å². The highest BCUT2D eigenvalue weighted by molar-refractivity contribution is 5.85. The van der Waals surface area contributed by atoms with Gasteiger partial charge in [-0.15, -0.1) is 0 Å². The molecule has 2 nitrogen and oxygen atoms in total. The molecule has 0 unspecified atom stereocenters. The summed E-state index contributed by atoms with van der Waals surface area (Å²) in [5, 5.41) is 0.990. The van der Waals surface area contributed by atoms with Crippen LogP contribution in [-0.2, 0) is 6.42 Å². The van der Waals surface area contributed by atoms with Crippen LogP contribution in [0, 0.1) is 17.0 Å². The van der Waals surface area contributed by atoms with Gasteiger partial charge in [0.25, 0.3) is 0 Å². The fourth-order valence-electron chi connectivity index (χ4n) is 6.95. The zero-order valence-electron chi connectivity index (χ0n) is 18.9. The maximum Gasteiger partial charge on any atom is 0.394 e. The summed E-state index contributed by atoms with van der Waals surface area (Å²) in [7, 11) is 0. The fraction of sp³-hybridized carbons (Fsp3) is 0.407. The minimum atomic E-state index is -4.25. The van der Waals surface area contributed by atoms with Crippen molar-refractivity contribution in [3.05, 3.63) is 76.5 Å². The Kier molecular flexibility index (Phi) is 4.45. The molecule has 4 aliphatic rings. The number of nitrogens with zero attached hydrogens (tertiary/aromatic N) is 1. The lowest BCUT2D eigenvalue weighted by molar-refractivity contribution is -0.369. The molecule has 178 valence electrons. The number of nitrogens with one attached hydrogen (secondary N) is 1. The Morgan fingerprint density at radius 1 is 1.06 bits per heavy atom. The molecule has 7 rings (SSSR count). The third-order valence-electron chi connectivity index (χ3n) is 8.26. The Morgan fingerprint density at radius 2 is 1.71 bits per heavy atom. The van der Waals surface area contributed by atoms with Gasteiger partial charge in [0.1, 0.15) is 11.6 Å². The van der Waals surface area contributed by atoms with Gasteiger partial charge in [0, 0.05) is 33.7 Å². The van der Waals surface area contributed by atoms with Crippen LogP contribution in [0.4, 0.5) is 22.0 Å². The number of halogens is 5. The van der Waals surface area contributed by atoms with Gasteiger partial charge < -0.3 is 4.98 Å². The first-order valence-electron chi connectivity index (χ1n) is 11.7. The molecular formula is C27H25F5N2. The van der Waals surface area contributed by atoms with Gasteiger partial charge in [-0.25, -0.2) is 8.78 Å². The Balaban J connectivity index is 1.53. The molecule has 1 aromatic heterocycles. The molecule has 3 fully saturated rings. The number of hydrogen-bond donors (Lipinski definition) is 1. The number of benzene rings is 2. The summed E-state index contributed by atoms with van der Waals surface area (Å²) in [5.74, 6) is -1.36. The second-order valence-corrected chi connectivity index (χ2v) is 10.4. The van der Waals surface area contributed by atoms with E-state index in [1.165, 1.54) is 12.1 Å². The molecule has 2 atom stereocenters. The number of rotatable bonds is 3. The smallest absolute Gasteiger partial charge is 0.357 e. The Labute approximate surface area is 194 Å². The molecule has 2 bridgehead atoms. The minimum absolute atomic E-state index is 0.0141. The van der Waals surface area contributed by atoms with Gasteiger partial charge in [-0.05, 0) is 68.9 Å². The predicted molar refractivity (Wildman–Crippen MR) is 121 cm³/mol. The number of para-hydroxylation sites is 1. The van der Waals surface area contributed by atoms with E-state index < -0.39 is 34.8 Å². The lowest BCUT2D eigenvalue weighted by atomic mass is 9.38. The van der Waals surface area contributed by atoms with Crippen LogP contribution < -0.4 is 0 Å². The van der Waals surface area contributed by atoms with E-state index in [0.717, 1.165) is 16.5 Å². The van der Waals surface area contributed by atoms with Crippen LogP contribution in [0.2, 0.25) is 0 Å². The normalized spacial score (nSPS) is 30.9. The predicted octanol–water partition coefficient (Wildman–Crippen LogP) is 7.30. The van der Waals surface area contributed by atoms with Crippen molar-refractivity contribution in [2.24, 2.45) is 5.41 Å². The van der Waals surface area contributed by atoms with E-state index in [1.807, 2.05) is 36.1 Å². The quantitative estimate of drug-likeness (QED) is 0.396. The molecule has 0 spiro atoms. The molecule has 3 saturated carbocycles. The van der Waals surface area contributed by atoms with Gasteiger partial charge >= 0.3 is 6.18 Å². The molecule has 3 aliphatic carbocycles. The maximum absolute atomic E-state index is 15.6. The highest BCUT2D eigenvalue weighted by atomic mass is 19.4. The molecule has 0 radical (unpaired) electrons. The van der Waals surface area contributed by atoms with Crippen molar-refractivity contribution in [1.82, 2.24) is 9.88 Å². The van der Waals surface area contributed by atoms with Gasteiger partial charge in [-0.1, -0.05) is 30.4 Å². The van der Waals surface area contributed by atoms with Gasteiger partial charge in [-0.3, -0.25) is 4.90 Å². The monoisotopic (exact) mass is 472 g/mol. The minimum Gasteiger partial charge on any atom is -0.357 e. The number of H-pyrrole nitrogens is 1. The number of hydrogen-bond acceptors (Lipinski definition) is 1. The van der Waals surface area contributed by atoms with Crippen molar-refractivity contribution < 1.29 is 22.0 Å². The molecule has 7 heteroatoms. The SMILES string of the molecule is C/C=C/c1cc(F)c([C@@H]2c3[nH]c4ccccc4c3C[C@@H](C)N2C23CC(C(F)(F)F)(C2)C3)c(F)c1. The number of aromatic amines is 1. The van der Waals surface area contributed by atoms with Gasteiger partial charge in [0.2, 0.25) is 0 Å². The fourth-order valence-corrected chi connectivity index (χ4v) is 6.95. The van der Waals surface area contributed by atoms with Crippen molar-refractivity contribution >= 4 is 17.0 Å². The summed E-state index contributed by atoms with van der Waals surface area (Å²) in [6.07, 6.45) is -0.354. The summed E-state index contributed by atoms with van der Waals surface area (Å²) in [6, 6.07) is 9.32. The van der Waals surface area contributed by atoms with Gasteiger partial charge in [-0.2, -0.15) is 13.2 Å². The molecule has 1 aliphatic heterocycles. The third-order valence-corrected chi connectivity index (χ3v) is 8.26. The summed E-state index contributed by atoms with van der Waals surface area (Å²) >= 11 is 0. The van der Waals surface area contributed by atoms with E-state index in [-0.39, 0.29) is 30.9 Å². The van der Waals surface area contributed by atoms with Crippen molar-refractivity contribution in [2.45, 2.75) is 63.3 Å². The van der Waals surface area contributed by atoms with Crippen molar-refractivity contribution in [1.29, 1.82) is 0 Å².